The minimum absolute atomic E-state index is 0.195. The molecule has 2 rings (SSSR count). The predicted molar refractivity (Wildman–Crippen MR) is 69.0 cm³/mol. The number of ether oxygens (including phenoxy) is 4. The molecule has 0 radical (unpaired) electrons. The SMILES string of the molecule is CCOC(=O)[C@H]1Cc2c(OC)cc(OC)cc2OC1=O. The van der Waals surface area contributed by atoms with Crippen LogP contribution in [0.1, 0.15) is 12.5 Å². The van der Waals surface area contributed by atoms with E-state index in [4.69, 9.17) is 18.9 Å². The highest BCUT2D eigenvalue weighted by molar-refractivity contribution is 5.97. The van der Waals surface area contributed by atoms with Gasteiger partial charge in [0, 0.05) is 24.1 Å². The van der Waals surface area contributed by atoms with Gasteiger partial charge < -0.3 is 18.9 Å². The van der Waals surface area contributed by atoms with E-state index in [0.29, 0.717) is 22.8 Å². The van der Waals surface area contributed by atoms with E-state index in [0.717, 1.165) is 0 Å². The van der Waals surface area contributed by atoms with E-state index < -0.39 is 17.9 Å². The third kappa shape index (κ3) is 2.54. The Kier molecular flexibility index (Phi) is 4.12. The summed E-state index contributed by atoms with van der Waals surface area (Å²) in [5.41, 5.74) is 0.658. The molecule has 0 aliphatic carbocycles. The van der Waals surface area contributed by atoms with Crippen LogP contribution < -0.4 is 14.2 Å². The van der Waals surface area contributed by atoms with Crippen molar-refractivity contribution in [2.24, 2.45) is 5.92 Å². The number of carbonyl (C=O) groups is 2. The molecule has 0 saturated heterocycles. The second kappa shape index (κ2) is 5.81. The van der Waals surface area contributed by atoms with Crippen molar-refractivity contribution in [3.05, 3.63) is 17.7 Å². The molecule has 108 valence electrons. The molecule has 1 heterocycles. The third-order valence-corrected chi connectivity index (χ3v) is 3.07. The molecule has 6 heteroatoms. The minimum atomic E-state index is -0.954. The molecular formula is C14H16O6. The van der Waals surface area contributed by atoms with E-state index in [1.807, 2.05) is 0 Å². The van der Waals surface area contributed by atoms with E-state index >= 15 is 0 Å². The molecule has 0 amide bonds. The first kappa shape index (κ1) is 14.2. The summed E-state index contributed by atoms with van der Waals surface area (Å²) < 4.78 is 20.4. The number of benzene rings is 1. The summed E-state index contributed by atoms with van der Waals surface area (Å²) in [5.74, 6) is -0.770. The molecule has 1 aromatic carbocycles. The van der Waals surface area contributed by atoms with Gasteiger partial charge in [-0.15, -0.1) is 0 Å². The van der Waals surface area contributed by atoms with Crippen LogP contribution in [0, 0.1) is 5.92 Å². The lowest BCUT2D eigenvalue weighted by molar-refractivity contribution is -0.157. The van der Waals surface area contributed by atoms with Crippen molar-refractivity contribution in [1.29, 1.82) is 0 Å². The van der Waals surface area contributed by atoms with Crippen molar-refractivity contribution < 1.29 is 28.5 Å². The zero-order valence-electron chi connectivity index (χ0n) is 11.6. The topological polar surface area (TPSA) is 71.1 Å². The Hall–Kier alpha value is -2.24. The van der Waals surface area contributed by atoms with Gasteiger partial charge >= 0.3 is 11.9 Å². The van der Waals surface area contributed by atoms with Crippen molar-refractivity contribution >= 4 is 11.9 Å². The normalized spacial score (nSPS) is 16.9. The maximum atomic E-state index is 11.9. The predicted octanol–water partition coefficient (Wildman–Crippen LogP) is 1.34. The molecule has 1 atom stereocenters. The lowest BCUT2D eigenvalue weighted by Crippen LogP contribution is -2.35. The molecule has 0 fully saturated rings. The highest BCUT2D eigenvalue weighted by Crippen LogP contribution is 2.39. The molecule has 0 unspecified atom stereocenters. The average Bonchev–Trinajstić information content (AvgIpc) is 2.45. The molecule has 0 bridgehead atoms. The van der Waals surface area contributed by atoms with Crippen molar-refractivity contribution in [1.82, 2.24) is 0 Å². The van der Waals surface area contributed by atoms with Crippen LogP contribution in [0.2, 0.25) is 0 Å². The van der Waals surface area contributed by atoms with Gasteiger partial charge in [-0.2, -0.15) is 0 Å². The highest BCUT2D eigenvalue weighted by Gasteiger charge is 2.37. The van der Waals surface area contributed by atoms with Gasteiger partial charge in [0.2, 0.25) is 0 Å². The van der Waals surface area contributed by atoms with Crippen LogP contribution in [0.5, 0.6) is 17.2 Å². The summed E-state index contributed by atoms with van der Waals surface area (Å²) in [5, 5.41) is 0. The Bertz CT molecular complexity index is 537. The van der Waals surface area contributed by atoms with Crippen LogP contribution in [0.15, 0.2) is 12.1 Å². The quantitative estimate of drug-likeness (QED) is 0.471. The second-order valence-electron chi connectivity index (χ2n) is 4.24. The first-order chi connectivity index (χ1) is 9.60. The number of hydrogen-bond donors (Lipinski definition) is 0. The molecule has 1 aromatic rings. The van der Waals surface area contributed by atoms with Crippen LogP contribution in [0.25, 0.3) is 0 Å². The Morgan fingerprint density at radius 1 is 1.35 bits per heavy atom. The van der Waals surface area contributed by atoms with E-state index in [2.05, 4.69) is 0 Å². The van der Waals surface area contributed by atoms with Gasteiger partial charge in [0.15, 0.2) is 5.92 Å². The molecule has 20 heavy (non-hydrogen) atoms. The van der Waals surface area contributed by atoms with Crippen molar-refractivity contribution in [2.45, 2.75) is 13.3 Å². The standard InChI is InChI=1S/C14H16O6/c1-4-19-13(15)10-7-9-11(18-3)5-8(17-2)6-12(9)20-14(10)16/h5-6,10H,4,7H2,1-3H3/t10-/m1/s1. The van der Waals surface area contributed by atoms with Crippen LogP contribution in [0.4, 0.5) is 0 Å². The summed E-state index contributed by atoms with van der Waals surface area (Å²) in [4.78, 5) is 23.6. The first-order valence-electron chi connectivity index (χ1n) is 6.24. The van der Waals surface area contributed by atoms with Crippen molar-refractivity contribution in [2.75, 3.05) is 20.8 Å². The number of esters is 2. The first-order valence-corrected chi connectivity index (χ1v) is 6.24. The van der Waals surface area contributed by atoms with E-state index in [1.165, 1.54) is 14.2 Å². The van der Waals surface area contributed by atoms with E-state index in [-0.39, 0.29) is 13.0 Å². The van der Waals surface area contributed by atoms with Crippen LogP contribution in [-0.4, -0.2) is 32.8 Å². The third-order valence-electron chi connectivity index (χ3n) is 3.07. The van der Waals surface area contributed by atoms with E-state index in [9.17, 15) is 9.59 Å². The molecule has 6 nitrogen and oxygen atoms in total. The summed E-state index contributed by atoms with van der Waals surface area (Å²) in [6, 6.07) is 3.28. The van der Waals surface area contributed by atoms with Gasteiger partial charge in [-0.05, 0) is 6.92 Å². The number of hydrogen-bond acceptors (Lipinski definition) is 6. The van der Waals surface area contributed by atoms with Gasteiger partial charge in [-0.25, -0.2) is 0 Å². The zero-order valence-corrected chi connectivity index (χ0v) is 11.6. The number of carbonyl (C=O) groups excluding carboxylic acids is 2. The van der Waals surface area contributed by atoms with Gasteiger partial charge in [-0.1, -0.05) is 0 Å². The van der Waals surface area contributed by atoms with Crippen LogP contribution >= 0.6 is 0 Å². The minimum Gasteiger partial charge on any atom is -0.496 e. The van der Waals surface area contributed by atoms with Gasteiger partial charge in [0.05, 0.1) is 20.8 Å². The Labute approximate surface area is 116 Å². The fourth-order valence-corrected chi connectivity index (χ4v) is 2.08. The fraction of sp³-hybridized carbons (Fsp3) is 0.429. The zero-order chi connectivity index (χ0) is 14.7. The monoisotopic (exact) mass is 280 g/mol. The van der Waals surface area contributed by atoms with Crippen LogP contribution in [0.3, 0.4) is 0 Å². The Balaban J connectivity index is 2.37. The Morgan fingerprint density at radius 3 is 2.70 bits per heavy atom. The van der Waals surface area contributed by atoms with Crippen LogP contribution in [-0.2, 0) is 20.7 Å². The maximum Gasteiger partial charge on any atom is 0.326 e. The van der Waals surface area contributed by atoms with Gasteiger partial charge in [0.25, 0.3) is 0 Å². The molecular weight excluding hydrogens is 264 g/mol. The molecule has 1 aliphatic rings. The lowest BCUT2D eigenvalue weighted by atomic mass is 9.95. The molecule has 0 saturated carbocycles. The average molecular weight is 280 g/mol. The molecule has 0 spiro atoms. The molecule has 0 aromatic heterocycles. The summed E-state index contributed by atoms with van der Waals surface area (Å²) in [6.07, 6.45) is 0.195. The second-order valence-corrected chi connectivity index (χ2v) is 4.24. The van der Waals surface area contributed by atoms with Crippen molar-refractivity contribution in [3.63, 3.8) is 0 Å². The number of fused-ring (bicyclic) bond motifs is 1. The molecule has 0 N–H and O–H groups in total. The van der Waals surface area contributed by atoms with Gasteiger partial charge in [-0.3, -0.25) is 9.59 Å². The lowest BCUT2D eigenvalue weighted by Gasteiger charge is -2.24. The largest absolute Gasteiger partial charge is 0.496 e. The summed E-state index contributed by atoms with van der Waals surface area (Å²) in [6.45, 7) is 1.90. The van der Waals surface area contributed by atoms with Crippen molar-refractivity contribution in [3.8, 4) is 17.2 Å². The summed E-state index contributed by atoms with van der Waals surface area (Å²) in [7, 11) is 3.01. The molecule has 1 aliphatic heterocycles. The number of rotatable bonds is 4. The van der Waals surface area contributed by atoms with Gasteiger partial charge in [0.1, 0.15) is 17.2 Å². The maximum absolute atomic E-state index is 11.9. The number of methoxy groups -OCH3 is 2. The fourth-order valence-electron chi connectivity index (χ4n) is 2.08. The van der Waals surface area contributed by atoms with E-state index in [1.54, 1.807) is 19.1 Å². The smallest absolute Gasteiger partial charge is 0.326 e. The Morgan fingerprint density at radius 2 is 2.10 bits per heavy atom. The highest BCUT2D eigenvalue weighted by atomic mass is 16.6. The summed E-state index contributed by atoms with van der Waals surface area (Å²) >= 11 is 0.